The van der Waals surface area contributed by atoms with Crippen LogP contribution >= 0.6 is 0 Å². The van der Waals surface area contributed by atoms with Crippen molar-refractivity contribution < 1.29 is 29.3 Å². The highest BCUT2D eigenvalue weighted by Gasteiger charge is 2.47. The van der Waals surface area contributed by atoms with Crippen molar-refractivity contribution in [2.75, 3.05) is 19.7 Å². The maximum Gasteiger partial charge on any atom is 0.341 e. The first kappa shape index (κ1) is 21.6. The molecule has 0 aromatic heterocycles. The Labute approximate surface area is 160 Å². The maximum absolute atomic E-state index is 12.4. The van der Waals surface area contributed by atoms with Crippen molar-refractivity contribution in [1.82, 2.24) is 4.90 Å². The summed E-state index contributed by atoms with van der Waals surface area (Å²) in [7, 11) is 0. The lowest BCUT2D eigenvalue weighted by atomic mass is 9.85. The number of carbonyl (C=O) groups excluding carboxylic acids is 2. The Morgan fingerprint density at radius 3 is 2.63 bits per heavy atom. The molecule has 2 N–H and O–H groups in total. The van der Waals surface area contributed by atoms with Gasteiger partial charge in [0, 0.05) is 18.7 Å². The molecule has 2 rings (SSSR count). The van der Waals surface area contributed by atoms with E-state index in [1.54, 1.807) is 33.8 Å². The van der Waals surface area contributed by atoms with E-state index in [1.807, 2.05) is 6.08 Å². The van der Waals surface area contributed by atoms with Gasteiger partial charge in [0.05, 0.1) is 12.1 Å². The van der Waals surface area contributed by atoms with Gasteiger partial charge in [0.2, 0.25) is 0 Å². The molecule has 1 unspecified atom stereocenters. The SMILES string of the molecule is C/C=C(\C)C(=O)O[C@@H]1CCN2CC=C(COC(=O)[C@](O)(C(C)C)[C@H](C)O)C12. The van der Waals surface area contributed by atoms with Crippen LogP contribution in [0.5, 0.6) is 0 Å². The van der Waals surface area contributed by atoms with E-state index in [1.165, 1.54) is 6.92 Å². The summed E-state index contributed by atoms with van der Waals surface area (Å²) in [6, 6.07) is -0.120. The number of fused-ring (bicyclic) bond motifs is 1. The molecule has 0 saturated carbocycles. The molecule has 2 aliphatic rings. The van der Waals surface area contributed by atoms with Gasteiger partial charge in [-0.15, -0.1) is 0 Å². The zero-order chi connectivity index (χ0) is 20.4. The molecule has 1 fully saturated rings. The monoisotopic (exact) mass is 381 g/mol. The first-order valence-electron chi connectivity index (χ1n) is 9.47. The van der Waals surface area contributed by atoms with E-state index < -0.39 is 23.6 Å². The van der Waals surface area contributed by atoms with Crippen molar-refractivity contribution in [3.8, 4) is 0 Å². The Morgan fingerprint density at radius 2 is 2.07 bits per heavy atom. The Kier molecular flexibility index (Phi) is 6.83. The molecule has 27 heavy (non-hydrogen) atoms. The summed E-state index contributed by atoms with van der Waals surface area (Å²) in [5, 5.41) is 20.4. The summed E-state index contributed by atoms with van der Waals surface area (Å²) >= 11 is 0. The van der Waals surface area contributed by atoms with E-state index in [9.17, 15) is 19.8 Å². The molecule has 0 radical (unpaired) electrons. The van der Waals surface area contributed by atoms with Crippen LogP contribution in [0, 0.1) is 5.92 Å². The molecule has 2 aliphatic heterocycles. The molecule has 0 bridgehead atoms. The molecule has 0 aromatic carbocycles. The van der Waals surface area contributed by atoms with Gasteiger partial charge in [-0.3, -0.25) is 4.90 Å². The van der Waals surface area contributed by atoms with Gasteiger partial charge >= 0.3 is 11.9 Å². The average molecular weight is 381 g/mol. The Morgan fingerprint density at radius 1 is 1.41 bits per heavy atom. The van der Waals surface area contributed by atoms with Crippen LogP contribution in [0.15, 0.2) is 23.3 Å². The first-order chi connectivity index (χ1) is 12.6. The zero-order valence-electron chi connectivity index (χ0n) is 16.8. The number of nitrogens with zero attached hydrogens (tertiary/aromatic N) is 1. The van der Waals surface area contributed by atoms with Crippen LogP contribution < -0.4 is 0 Å². The van der Waals surface area contributed by atoms with E-state index in [0.29, 0.717) is 12.1 Å². The zero-order valence-corrected chi connectivity index (χ0v) is 16.8. The summed E-state index contributed by atoms with van der Waals surface area (Å²) in [4.78, 5) is 26.7. The number of rotatable bonds is 7. The van der Waals surface area contributed by atoms with Crippen molar-refractivity contribution in [1.29, 1.82) is 0 Å². The summed E-state index contributed by atoms with van der Waals surface area (Å²) in [6.45, 7) is 9.68. The minimum Gasteiger partial charge on any atom is -0.459 e. The third-order valence-corrected chi connectivity index (χ3v) is 5.64. The molecule has 152 valence electrons. The predicted molar refractivity (Wildman–Crippen MR) is 99.8 cm³/mol. The van der Waals surface area contributed by atoms with Gasteiger partial charge in [-0.25, -0.2) is 9.59 Å². The number of aliphatic hydroxyl groups excluding tert-OH is 1. The second-order valence-electron chi connectivity index (χ2n) is 7.66. The smallest absolute Gasteiger partial charge is 0.341 e. The Bertz CT molecular complexity index is 628. The van der Waals surface area contributed by atoms with Crippen LogP contribution in [0.2, 0.25) is 0 Å². The minimum atomic E-state index is -1.95. The fourth-order valence-electron chi connectivity index (χ4n) is 3.63. The molecule has 2 heterocycles. The number of carbonyl (C=O) groups is 2. The topological polar surface area (TPSA) is 96.3 Å². The van der Waals surface area contributed by atoms with Crippen molar-refractivity contribution in [2.24, 2.45) is 5.92 Å². The number of ether oxygens (including phenoxy) is 2. The minimum absolute atomic E-state index is 0.00159. The molecule has 1 saturated heterocycles. The fourth-order valence-corrected chi connectivity index (χ4v) is 3.63. The summed E-state index contributed by atoms with van der Waals surface area (Å²) in [6.07, 6.45) is 2.87. The van der Waals surface area contributed by atoms with E-state index >= 15 is 0 Å². The normalized spacial score (nSPS) is 26.4. The van der Waals surface area contributed by atoms with Crippen molar-refractivity contribution in [2.45, 2.75) is 64.9 Å². The lowest BCUT2D eigenvalue weighted by molar-refractivity contribution is -0.183. The van der Waals surface area contributed by atoms with E-state index in [-0.39, 0.29) is 24.7 Å². The second-order valence-corrected chi connectivity index (χ2v) is 7.66. The Hall–Kier alpha value is -1.70. The van der Waals surface area contributed by atoms with Crippen LogP contribution in [0.3, 0.4) is 0 Å². The van der Waals surface area contributed by atoms with Crippen LogP contribution in [0.4, 0.5) is 0 Å². The molecule has 0 aliphatic carbocycles. The van der Waals surface area contributed by atoms with Gasteiger partial charge in [0.1, 0.15) is 12.7 Å². The maximum atomic E-state index is 12.4. The van der Waals surface area contributed by atoms with Crippen LogP contribution in [0.1, 0.15) is 41.0 Å². The number of aliphatic hydroxyl groups is 2. The highest BCUT2D eigenvalue weighted by atomic mass is 16.6. The lowest BCUT2D eigenvalue weighted by Gasteiger charge is -2.32. The van der Waals surface area contributed by atoms with Crippen LogP contribution in [-0.2, 0) is 19.1 Å². The van der Waals surface area contributed by atoms with Crippen molar-refractivity contribution in [3.05, 3.63) is 23.3 Å². The quantitative estimate of drug-likeness (QED) is 0.388. The van der Waals surface area contributed by atoms with Gasteiger partial charge < -0.3 is 19.7 Å². The number of allylic oxidation sites excluding steroid dienone is 1. The summed E-state index contributed by atoms with van der Waals surface area (Å²) in [5.74, 6) is -1.68. The first-order valence-corrected chi connectivity index (χ1v) is 9.47. The van der Waals surface area contributed by atoms with Gasteiger partial charge in [-0.2, -0.15) is 0 Å². The largest absolute Gasteiger partial charge is 0.459 e. The molecule has 0 spiro atoms. The van der Waals surface area contributed by atoms with Gasteiger partial charge in [0.25, 0.3) is 0 Å². The van der Waals surface area contributed by atoms with Crippen molar-refractivity contribution >= 4 is 11.9 Å². The molecule has 0 amide bonds. The van der Waals surface area contributed by atoms with E-state index in [4.69, 9.17) is 9.47 Å². The van der Waals surface area contributed by atoms with Gasteiger partial charge in [0.15, 0.2) is 5.60 Å². The summed E-state index contributed by atoms with van der Waals surface area (Å²) in [5.41, 5.74) is -0.542. The van der Waals surface area contributed by atoms with E-state index in [0.717, 1.165) is 18.5 Å². The number of hydrogen-bond acceptors (Lipinski definition) is 7. The molecule has 0 aromatic rings. The summed E-state index contributed by atoms with van der Waals surface area (Å²) < 4.78 is 11.0. The van der Waals surface area contributed by atoms with Gasteiger partial charge in [-0.05, 0) is 38.7 Å². The fraction of sp³-hybridized carbons (Fsp3) is 0.700. The molecule has 4 atom stereocenters. The second kappa shape index (κ2) is 8.54. The predicted octanol–water partition coefficient (Wildman–Crippen LogP) is 1.19. The Balaban J connectivity index is 2.03. The highest BCUT2D eigenvalue weighted by molar-refractivity contribution is 5.87. The van der Waals surface area contributed by atoms with Crippen LogP contribution in [0.25, 0.3) is 0 Å². The third-order valence-electron chi connectivity index (χ3n) is 5.64. The van der Waals surface area contributed by atoms with Crippen molar-refractivity contribution in [3.63, 3.8) is 0 Å². The van der Waals surface area contributed by atoms with E-state index in [2.05, 4.69) is 4.90 Å². The molecule has 7 heteroatoms. The van der Waals surface area contributed by atoms with Gasteiger partial charge in [-0.1, -0.05) is 26.0 Å². The third kappa shape index (κ3) is 4.25. The molecular weight excluding hydrogens is 350 g/mol. The molecule has 7 nitrogen and oxygen atoms in total. The number of hydrogen-bond donors (Lipinski definition) is 2. The van der Waals surface area contributed by atoms with Crippen LogP contribution in [-0.4, -0.2) is 70.6 Å². The number of esters is 2. The highest BCUT2D eigenvalue weighted by Crippen LogP contribution is 2.32. The average Bonchev–Trinajstić information content (AvgIpc) is 3.20. The molecular formula is C20H31NO6. The standard InChI is InChI=1S/C20H31NO6/c1-6-13(4)18(23)27-16-8-10-21-9-7-15(17(16)21)11-26-19(24)20(25,12(2)3)14(5)22/h6-7,12,14,16-17,22,25H,8-11H2,1-5H3/b13-6+/t14-,16+,17?,20-/m0/s1. The lowest BCUT2D eigenvalue weighted by Crippen LogP contribution is -2.53.